The minimum absolute atomic E-state index is 0.0697. The molecule has 3 rings (SSSR count). The number of furan rings is 1. The van der Waals surface area contributed by atoms with Crippen LogP contribution in [0.1, 0.15) is 41.4 Å². The molecule has 1 aliphatic rings. The molecule has 1 aliphatic heterocycles. The Balaban J connectivity index is 1.51. The van der Waals surface area contributed by atoms with Crippen LogP contribution in [0.4, 0.5) is 0 Å². The second kappa shape index (κ2) is 7.47. The predicted octanol–water partition coefficient (Wildman–Crippen LogP) is 3.44. The van der Waals surface area contributed by atoms with Gasteiger partial charge in [0.25, 0.3) is 5.91 Å². The van der Waals surface area contributed by atoms with Gasteiger partial charge in [-0.3, -0.25) is 9.69 Å². The molecule has 2 aromatic rings. The molecule has 0 spiro atoms. The summed E-state index contributed by atoms with van der Waals surface area (Å²) in [4.78, 5) is 14.6. The Hall–Kier alpha value is -2.07. The van der Waals surface area contributed by atoms with E-state index in [-0.39, 0.29) is 5.91 Å². The topological polar surface area (TPSA) is 45.5 Å². The van der Waals surface area contributed by atoms with E-state index >= 15 is 0 Å². The van der Waals surface area contributed by atoms with E-state index in [1.165, 1.54) is 31.5 Å². The fourth-order valence-corrected chi connectivity index (χ4v) is 2.92. The molecule has 1 saturated heterocycles. The van der Waals surface area contributed by atoms with Crippen LogP contribution in [0.2, 0.25) is 0 Å². The Labute approximate surface area is 137 Å². The number of nitrogens with zero attached hydrogens (tertiary/aromatic N) is 1. The first-order chi connectivity index (χ1) is 11.2. The van der Waals surface area contributed by atoms with Crippen LogP contribution in [0.15, 0.2) is 47.1 Å². The molecule has 0 bridgehead atoms. The normalized spacial score (nSPS) is 16.4. The van der Waals surface area contributed by atoms with E-state index < -0.39 is 0 Å². The van der Waals surface area contributed by atoms with Crippen molar-refractivity contribution in [3.8, 4) is 0 Å². The van der Waals surface area contributed by atoms with Crippen molar-refractivity contribution in [3.05, 3.63) is 59.5 Å². The van der Waals surface area contributed by atoms with E-state index in [4.69, 9.17) is 4.42 Å². The van der Waals surface area contributed by atoms with E-state index in [9.17, 15) is 4.79 Å². The maximum atomic E-state index is 12.1. The van der Waals surface area contributed by atoms with Crippen LogP contribution >= 0.6 is 0 Å². The highest BCUT2D eigenvalue weighted by Crippen LogP contribution is 2.18. The minimum atomic E-state index is -0.0697. The van der Waals surface area contributed by atoms with Crippen LogP contribution < -0.4 is 5.32 Å². The lowest BCUT2D eigenvalue weighted by molar-refractivity contribution is 0.0948. The summed E-state index contributed by atoms with van der Waals surface area (Å²) in [5.41, 5.74) is 1.95. The molecule has 0 aliphatic carbocycles. The fraction of sp³-hybridized carbons (Fsp3) is 0.421. The number of carbonyl (C=O) groups excluding carboxylic acids is 1. The van der Waals surface area contributed by atoms with E-state index in [1.807, 2.05) is 24.3 Å². The van der Waals surface area contributed by atoms with Gasteiger partial charge >= 0.3 is 0 Å². The van der Waals surface area contributed by atoms with Crippen molar-refractivity contribution < 1.29 is 9.21 Å². The van der Waals surface area contributed by atoms with Gasteiger partial charge in [-0.05, 0) is 61.7 Å². The predicted molar refractivity (Wildman–Crippen MR) is 90.0 cm³/mol. The van der Waals surface area contributed by atoms with Crippen LogP contribution in [-0.4, -0.2) is 23.9 Å². The van der Waals surface area contributed by atoms with Crippen molar-refractivity contribution >= 4 is 5.91 Å². The third-order valence-electron chi connectivity index (χ3n) is 4.50. The van der Waals surface area contributed by atoms with Crippen molar-refractivity contribution in [1.29, 1.82) is 0 Å². The lowest BCUT2D eigenvalue weighted by atomic mass is 9.99. The Bertz CT molecular complexity index is 611. The lowest BCUT2D eigenvalue weighted by Gasteiger charge is -2.30. The molecule has 0 saturated carbocycles. The molecule has 122 valence electrons. The number of piperidine rings is 1. The maximum Gasteiger partial charge on any atom is 0.251 e. The number of rotatable bonds is 5. The molecule has 23 heavy (non-hydrogen) atoms. The van der Waals surface area contributed by atoms with Gasteiger partial charge in [0.15, 0.2) is 0 Å². The molecule has 1 N–H and O–H groups in total. The zero-order valence-electron chi connectivity index (χ0n) is 13.6. The van der Waals surface area contributed by atoms with Crippen LogP contribution in [0.25, 0.3) is 0 Å². The van der Waals surface area contributed by atoms with Gasteiger partial charge in [0.05, 0.1) is 12.8 Å². The first-order valence-electron chi connectivity index (χ1n) is 8.32. The van der Waals surface area contributed by atoms with Gasteiger partial charge in [0, 0.05) is 12.1 Å². The summed E-state index contributed by atoms with van der Waals surface area (Å²) in [5, 5.41) is 2.86. The third-order valence-corrected chi connectivity index (χ3v) is 4.50. The highest BCUT2D eigenvalue weighted by atomic mass is 16.3. The summed E-state index contributed by atoms with van der Waals surface area (Å²) < 4.78 is 5.21. The first-order valence-corrected chi connectivity index (χ1v) is 8.32. The van der Waals surface area contributed by atoms with E-state index in [2.05, 4.69) is 29.3 Å². The number of amides is 1. The molecule has 1 amide bonds. The second-order valence-electron chi connectivity index (χ2n) is 6.42. The zero-order chi connectivity index (χ0) is 16.1. The molecule has 0 atom stereocenters. The summed E-state index contributed by atoms with van der Waals surface area (Å²) in [6, 6.07) is 11.6. The molecule has 2 heterocycles. The maximum absolute atomic E-state index is 12.1. The highest BCUT2D eigenvalue weighted by molar-refractivity contribution is 5.94. The molecule has 1 fully saturated rings. The quantitative estimate of drug-likeness (QED) is 0.920. The molecule has 1 aromatic carbocycles. The average Bonchev–Trinajstić information content (AvgIpc) is 3.09. The number of benzene rings is 1. The Morgan fingerprint density at radius 2 is 1.96 bits per heavy atom. The molecular weight excluding hydrogens is 288 g/mol. The van der Waals surface area contributed by atoms with Gasteiger partial charge in [-0.2, -0.15) is 0 Å². The highest BCUT2D eigenvalue weighted by Gasteiger charge is 2.15. The summed E-state index contributed by atoms with van der Waals surface area (Å²) >= 11 is 0. The van der Waals surface area contributed by atoms with E-state index in [0.29, 0.717) is 12.1 Å². The van der Waals surface area contributed by atoms with Gasteiger partial charge < -0.3 is 9.73 Å². The van der Waals surface area contributed by atoms with Crippen LogP contribution in [0.5, 0.6) is 0 Å². The first kappa shape index (κ1) is 15.8. The Kier molecular flexibility index (Phi) is 5.13. The summed E-state index contributed by atoms with van der Waals surface area (Å²) in [7, 11) is 0. The molecule has 4 nitrogen and oxygen atoms in total. The average molecular weight is 312 g/mol. The van der Waals surface area contributed by atoms with Crippen molar-refractivity contribution in [2.75, 3.05) is 13.1 Å². The van der Waals surface area contributed by atoms with Crippen LogP contribution in [0.3, 0.4) is 0 Å². The van der Waals surface area contributed by atoms with E-state index in [0.717, 1.165) is 18.2 Å². The molecule has 0 radical (unpaired) electrons. The van der Waals surface area contributed by atoms with Gasteiger partial charge in [0.1, 0.15) is 5.76 Å². The number of nitrogens with one attached hydrogen (secondary N) is 1. The summed E-state index contributed by atoms with van der Waals surface area (Å²) in [6.45, 7) is 6.06. The molecule has 4 heteroatoms. The van der Waals surface area contributed by atoms with Gasteiger partial charge in [-0.25, -0.2) is 0 Å². The number of hydrogen-bond donors (Lipinski definition) is 1. The number of hydrogen-bond acceptors (Lipinski definition) is 3. The van der Waals surface area contributed by atoms with E-state index in [1.54, 1.807) is 6.26 Å². The third kappa shape index (κ3) is 4.45. The molecular formula is C19H24N2O2. The smallest absolute Gasteiger partial charge is 0.251 e. The van der Waals surface area contributed by atoms with Crippen molar-refractivity contribution in [1.82, 2.24) is 10.2 Å². The van der Waals surface area contributed by atoms with Gasteiger partial charge in [0.2, 0.25) is 0 Å². The van der Waals surface area contributed by atoms with Crippen LogP contribution in [-0.2, 0) is 13.1 Å². The van der Waals surface area contributed by atoms with Crippen LogP contribution in [0, 0.1) is 5.92 Å². The SMILES string of the molecule is CC1CCN(Cc2ccc(C(=O)NCc3ccco3)cc2)CC1. The van der Waals surface area contributed by atoms with Crippen molar-refractivity contribution in [2.45, 2.75) is 32.9 Å². The lowest BCUT2D eigenvalue weighted by Crippen LogP contribution is -2.32. The van der Waals surface area contributed by atoms with Crippen molar-refractivity contribution in [2.24, 2.45) is 5.92 Å². The van der Waals surface area contributed by atoms with Gasteiger partial charge in [-0.1, -0.05) is 19.1 Å². The minimum Gasteiger partial charge on any atom is -0.467 e. The fourth-order valence-electron chi connectivity index (χ4n) is 2.92. The largest absolute Gasteiger partial charge is 0.467 e. The number of carbonyl (C=O) groups is 1. The molecule has 1 aromatic heterocycles. The Morgan fingerprint density at radius 1 is 1.22 bits per heavy atom. The second-order valence-corrected chi connectivity index (χ2v) is 6.42. The number of likely N-dealkylation sites (tertiary alicyclic amines) is 1. The molecule has 0 unspecified atom stereocenters. The summed E-state index contributed by atoms with van der Waals surface area (Å²) in [6.07, 6.45) is 4.18. The zero-order valence-corrected chi connectivity index (χ0v) is 13.6. The monoisotopic (exact) mass is 312 g/mol. The Morgan fingerprint density at radius 3 is 2.61 bits per heavy atom. The van der Waals surface area contributed by atoms with Crippen molar-refractivity contribution in [3.63, 3.8) is 0 Å². The van der Waals surface area contributed by atoms with Gasteiger partial charge in [-0.15, -0.1) is 0 Å². The standard InChI is InChI=1S/C19H24N2O2/c1-15-8-10-21(11-9-15)14-16-4-6-17(7-5-16)19(22)20-13-18-3-2-12-23-18/h2-7,12,15H,8-11,13-14H2,1H3,(H,20,22). The summed E-state index contributed by atoms with van der Waals surface area (Å²) in [5.74, 6) is 1.54.